The predicted octanol–water partition coefficient (Wildman–Crippen LogP) is 1.45. The molecule has 2 aromatic rings. The summed E-state index contributed by atoms with van der Waals surface area (Å²) >= 11 is 0. The molecule has 2 heterocycles. The zero-order valence-corrected chi connectivity index (χ0v) is 11.7. The molecule has 0 fully saturated rings. The van der Waals surface area contributed by atoms with Gasteiger partial charge in [-0.2, -0.15) is 4.98 Å². The van der Waals surface area contributed by atoms with Crippen molar-refractivity contribution < 1.29 is 9.34 Å². The smallest absolute Gasteiger partial charge is 0.332 e. The Labute approximate surface area is 119 Å². The zero-order valence-electron chi connectivity index (χ0n) is 11.7. The van der Waals surface area contributed by atoms with Gasteiger partial charge in [0.1, 0.15) is 17.5 Å². The van der Waals surface area contributed by atoms with Crippen molar-refractivity contribution in [2.24, 2.45) is 5.84 Å². The minimum absolute atomic E-state index is 0.0452. The third-order valence-corrected chi connectivity index (χ3v) is 2.73. The predicted molar refractivity (Wildman–Crippen MR) is 74.5 cm³/mol. The van der Waals surface area contributed by atoms with E-state index in [0.29, 0.717) is 11.7 Å². The lowest BCUT2D eigenvalue weighted by Gasteiger charge is -2.13. The van der Waals surface area contributed by atoms with Gasteiger partial charge in [-0.25, -0.2) is 15.8 Å². The number of anilines is 2. The van der Waals surface area contributed by atoms with Gasteiger partial charge < -0.3 is 9.73 Å². The molecule has 0 aliphatic rings. The van der Waals surface area contributed by atoms with Crippen LogP contribution in [-0.4, -0.2) is 19.9 Å². The third kappa shape index (κ3) is 3.05. The Morgan fingerprint density at radius 1 is 1.43 bits per heavy atom. The van der Waals surface area contributed by atoms with Crippen molar-refractivity contribution in [2.45, 2.75) is 26.8 Å². The second kappa shape index (κ2) is 5.71. The maximum atomic E-state index is 11.2. The molecule has 0 amide bonds. The molecule has 10 heteroatoms. The SMILES string of the molecule is Cc1cnc(C(C)Nc2nc(NN)nc(C)c2[N+](=O)[O-])o1. The van der Waals surface area contributed by atoms with Gasteiger partial charge >= 0.3 is 5.69 Å². The Balaban J connectivity index is 2.37. The lowest BCUT2D eigenvalue weighted by Crippen LogP contribution is -2.16. The van der Waals surface area contributed by atoms with E-state index in [4.69, 9.17) is 10.3 Å². The number of nitro groups is 1. The molecule has 4 N–H and O–H groups in total. The Bertz CT molecular complexity index is 670. The first-order chi connectivity index (χ1) is 9.92. The molecule has 10 nitrogen and oxygen atoms in total. The highest BCUT2D eigenvalue weighted by atomic mass is 16.6. The Morgan fingerprint density at radius 2 is 2.14 bits per heavy atom. The number of nitrogens with two attached hydrogens (primary N) is 1. The van der Waals surface area contributed by atoms with Gasteiger partial charge in [0.15, 0.2) is 0 Å². The molecule has 0 aromatic carbocycles. The van der Waals surface area contributed by atoms with Crippen molar-refractivity contribution in [3.8, 4) is 0 Å². The zero-order chi connectivity index (χ0) is 15.6. The van der Waals surface area contributed by atoms with E-state index >= 15 is 0 Å². The van der Waals surface area contributed by atoms with Crippen LogP contribution in [0, 0.1) is 24.0 Å². The highest BCUT2D eigenvalue weighted by Crippen LogP contribution is 2.29. The lowest BCUT2D eigenvalue weighted by atomic mass is 10.3. The number of rotatable bonds is 5. The number of nitrogens with zero attached hydrogens (tertiary/aromatic N) is 4. The molecule has 21 heavy (non-hydrogen) atoms. The molecule has 112 valence electrons. The van der Waals surface area contributed by atoms with Gasteiger partial charge in [0.25, 0.3) is 0 Å². The monoisotopic (exact) mass is 293 g/mol. The Kier molecular flexibility index (Phi) is 3.98. The molecule has 0 saturated carbocycles. The highest BCUT2D eigenvalue weighted by Gasteiger charge is 2.24. The van der Waals surface area contributed by atoms with Crippen molar-refractivity contribution in [1.82, 2.24) is 15.0 Å². The number of hydrogen-bond donors (Lipinski definition) is 3. The van der Waals surface area contributed by atoms with Crippen LogP contribution in [0.5, 0.6) is 0 Å². The van der Waals surface area contributed by atoms with Crippen molar-refractivity contribution in [3.63, 3.8) is 0 Å². The standard InChI is InChI=1S/C11H15N7O3/c1-5-4-13-10(21-5)7(3)14-9-8(18(19)20)6(2)15-11(16-9)17-12/h4,7H,12H2,1-3H3,(H2,14,15,16,17). The van der Waals surface area contributed by atoms with Gasteiger partial charge in [-0.05, 0) is 20.8 Å². The molecular formula is C11H15N7O3. The number of hydrazine groups is 1. The molecule has 2 aromatic heterocycles. The number of oxazole rings is 1. The van der Waals surface area contributed by atoms with E-state index in [0.717, 1.165) is 0 Å². The first-order valence-electron chi connectivity index (χ1n) is 6.11. The van der Waals surface area contributed by atoms with Crippen molar-refractivity contribution >= 4 is 17.5 Å². The number of nitrogens with one attached hydrogen (secondary N) is 2. The maximum absolute atomic E-state index is 11.2. The van der Waals surface area contributed by atoms with E-state index in [2.05, 4.69) is 25.7 Å². The minimum Gasteiger partial charge on any atom is -0.444 e. The van der Waals surface area contributed by atoms with E-state index < -0.39 is 11.0 Å². The van der Waals surface area contributed by atoms with Crippen LogP contribution < -0.4 is 16.6 Å². The second-order valence-corrected chi connectivity index (χ2v) is 4.41. The van der Waals surface area contributed by atoms with Crippen molar-refractivity contribution in [3.05, 3.63) is 33.7 Å². The fourth-order valence-electron chi connectivity index (χ4n) is 1.79. The van der Waals surface area contributed by atoms with E-state index in [1.165, 1.54) is 6.92 Å². The van der Waals surface area contributed by atoms with E-state index in [1.54, 1.807) is 20.0 Å². The molecule has 2 rings (SSSR count). The summed E-state index contributed by atoms with van der Waals surface area (Å²) in [5.74, 6) is 6.43. The van der Waals surface area contributed by atoms with E-state index in [1.807, 2.05) is 0 Å². The molecule has 0 saturated heterocycles. The van der Waals surface area contributed by atoms with Gasteiger partial charge in [0.2, 0.25) is 17.7 Å². The van der Waals surface area contributed by atoms with Crippen LogP contribution in [0.4, 0.5) is 17.5 Å². The summed E-state index contributed by atoms with van der Waals surface area (Å²) in [4.78, 5) is 22.5. The van der Waals surface area contributed by atoms with Crippen LogP contribution >= 0.6 is 0 Å². The third-order valence-electron chi connectivity index (χ3n) is 2.73. The largest absolute Gasteiger partial charge is 0.444 e. The van der Waals surface area contributed by atoms with E-state index in [-0.39, 0.29) is 23.1 Å². The van der Waals surface area contributed by atoms with Crippen LogP contribution in [0.15, 0.2) is 10.6 Å². The van der Waals surface area contributed by atoms with Crippen LogP contribution in [-0.2, 0) is 0 Å². The van der Waals surface area contributed by atoms with Gasteiger partial charge in [-0.3, -0.25) is 15.5 Å². The van der Waals surface area contributed by atoms with E-state index in [9.17, 15) is 10.1 Å². The Morgan fingerprint density at radius 3 is 2.67 bits per heavy atom. The lowest BCUT2D eigenvalue weighted by molar-refractivity contribution is -0.385. The average Bonchev–Trinajstić information content (AvgIpc) is 2.84. The molecular weight excluding hydrogens is 278 g/mol. The van der Waals surface area contributed by atoms with Crippen LogP contribution in [0.25, 0.3) is 0 Å². The Hall–Kier alpha value is -2.75. The fraction of sp³-hybridized carbons (Fsp3) is 0.364. The van der Waals surface area contributed by atoms with Crippen LogP contribution in [0.2, 0.25) is 0 Å². The summed E-state index contributed by atoms with van der Waals surface area (Å²) in [7, 11) is 0. The normalized spacial score (nSPS) is 12.0. The molecule has 1 atom stereocenters. The minimum atomic E-state index is -0.550. The average molecular weight is 293 g/mol. The molecule has 1 unspecified atom stereocenters. The summed E-state index contributed by atoms with van der Waals surface area (Å²) in [6, 6.07) is -0.405. The second-order valence-electron chi connectivity index (χ2n) is 4.41. The molecule has 0 radical (unpaired) electrons. The van der Waals surface area contributed by atoms with Crippen LogP contribution in [0.1, 0.15) is 30.3 Å². The van der Waals surface area contributed by atoms with Crippen molar-refractivity contribution in [1.29, 1.82) is 0 Å². The first kappa shape index (κ1) is 14.7. The first-order valence-corrected chi connectivity index (χ1v) is 6.11. The number of hydrogen-bond acceptors (Lipinski definition) is 9. The molecule has 0 aliphatic carbocycles. The number of aryl methyl sites for hydroxylation is 2. The summed E-state index contributed by atoms with van der Waals surface area (Å²) < 4.78 is 5.38. The fourth-order valence-corrected chi connectivity index (χ4v) is 1.79. The summed E-state index contributed by atoms with van der Waals surface area (Å²) in [5, 5.41) is 14.1. The van der Waals surface area contributed by atoms with Crippen molar-refractivity contribution in [2.75, 3.05) is 10.7 Å². The maximum Gasteiger partial charge on any atom is 0.332 e. The summed E-state index contributed by atoms with van der Waals surface area (Å²) in [6.07, 6.45) is 1.57. The molecule has 0 spiro atoms. The quantitative estimate of drug-likeness (QED) is 0.423. The van der Waals surface area contributed by atoms with Gasteiger partial charge in [-0.1, -0.05) is 0 Å². The summed E-state index contributed by atoms with van der Waals surface area (Å²) in [5.41, 5.74) is 2.24. The van der Waals surface area contributed by atoms with Crippen LogP contribution in [0.3, 0.4) is 0 Å². The number of nitrogen functional groups attached to an aromatic ring is 1. The van der Waals surface area contributed by atoms with Gasteiger partial charge in [0.05, 0.1) is 11.1 Å². The highest BCUT2D eigenvalue weighted by molar-refractivity contribution is 5.61. The van der Waals surface area contributed by atoms with Gasteiger partial charge in [0, 0.05) is 0 Å². The van der Waals surface area contributed by atoms with Gasteiger partial charge in [-0.15, -0.1) is 0 Å². The summed E-state index contributed by atoms with van der Waals surface area (Å²) in [6.45, 7) is 5.02. The number of aromatic nitrogens is 3. The topological polar surface area (TPSA) is 145 Å². The molecule has 0 bridgehead atoms. The molecule has 0 aliphatic heterocycles.